The average Bonchev–Trinajstić information content (AvgIpc) is 2.55. The third-order valence-corrected chi connectivity index (χ3v) is 4.81. The lowest BCUT2D eigenvalue weighted by Crippen LogP contribution is -2.53. The van der Waals surface area contributed by atoms with Crippen LogP contribution in [-0.2, 0) is 9.31 Å². The normalized spacial score (nSPS) is 27.4. The van der Waals surface area contributed by atoms with E-state index in [0.717, 1.165) is 31.7 Å². The maximum Gasteiger partial charge on any atom is 0.497 e. The third-order valence-electron chi connectivity index (χ3n) is 4.81. The lowest BCUT2D eigenvalue weighted by molar-refractivity contribution is 0.00578. The van der Waals surface area contributed by atoms with Crippen molar-refractivity contribution in [3.8, 4) is 0 Å². The Morgan fingerprint density at radius 3 is 2.14 bits per heavy atom. The molecule has 2 fully saturated rings. The predicted molar refractivity (Wildman–Crippen MR) is 91.9 cm³/mol. The molecule has 6 heteroatoms. The first-order valence-corrected chi connectivity index (χ1v) is 8.06. The number of allylic oxidation sites excluding steroid dienone is 1. The highest BCUT2D eigenvalue weighted by molar-refractivity contribution is 6.60. The van der Waals surface area contributed by atoms with Crippen LogP contribution >= 0.6 is 0 Å². The molecule has 2 aliphatic heterocycles. The first-order valence-electron chi connectivity index (χ1n) is 8.06. The van der Waals surface area contributed by atoms with Crippen molar-refractivity contribution >= 4 is 13.3 Å². The highest BCUT2D eigenvalue weighted by atomic mass is 16.7. The molecule has 2 aliphatic rings. The van der Waals surface area contributed by atoms with Gasteiger partial charge in [0.1, 0.15) is 0 Å². The van der Waals surface area contributed by atoms with Crippen LogP contribution in [0.5, 0.6) is 0 Å². The Hall–Kier alpha value is -0.845. The quantitative estimate of drug-likeness (QED) is 0.622. The summed E-state index contributed by atoms with van der Waals surface area (Å²) in [5.41, 5.74) is 6.25. The zero-order chi connectivity index (χ0) is 16.6. The second-order valence-corrected chi connectivity index (χ2v) is 8.17. The van der Waals surface area contributed by atoms with Crippen LogP contribution in [0.1, 0.15) is 41.5 Å². The Kier molecular flexibility index (Phi) is 4.76. The van der Waals surface area contributed by atoms with Crippen molar-refractivity contribution < 1.29 is 9.31 Å². The Balaban J connectivity index is 1.82. The number of nitrogens with zero attached hydrogens (tertiary/aromatic N) is 2. The number of hydrogen-bond acceptors (Lipinski definition) is 5. The Labute approximate surface area is 135 Å². The minimum atomic E-state index is -0.443. The summed E-state index contributed by atoms with van der Waals surface area (Å²) in [5.74, 6) is 0. The lowest BCUT2D eigenvalue weighted by atomic mass is 9.79. The molecule has 2 N–H and O–H groups in total. The highest BCUT2D eigenvalue weighted by Crippen LogP contribution is 2.38. The van der Waals surface area contributed by atoms with Crippen LogP contribution in [0.15, 0.2) is 16.7 Å². The van der Waals surface area contributed by atoms with E-state index in [1.807, 2.05) is 27.7 Å². The van der Waals surface area contributed by atoms with Crippen LogP contribution in [0.2, 0.25) is 0 Å². The Morgan fingerprint density at radius 2 is 1.68 bits per heavy atom. The van der Waals surface area contributed by atoms with Crippen LogP contribution in [0.25, 0.3) is 0 Å². The van der Waals surface area contributed by atoms with Crippen LogP contribution < -0.4 is 5.73 Å². The predicted octanol–water partition coefficient (Wildman–Crippen LogP) is 1.87. The molecular weight excluding hydrogens is 277 g/mol. The van der Waals surface area contributed by atoms with E-state index in [1.54, 1.807) is 6.21 Å². The van der Waals surface area contributed by atoms with Crippen molar-refractivity contribution in [3.63, 3.8) is 0 Å². The molecule has 124 valence electrons. The van der Waals surface area contributed by atoms with E-state index < -0.39 is 7.12 Å². The molecule has 0 aromatic carbocycles. The van der Waals surface area contributed by atoms with E-state index in [2.05, 4.69) is 23.7 Å². The van der Waals surface area contributed by atoms with E-state index >= 15 is 0 Å². The van der Waals surface area contributed by atoms with Gasteiger partial charge in [-0.2, -0.15) is 0 Å². The van der Waals surface area contributed by atoms with Crippen LogP contribution in [-0.4, -0.2) is 55.6 Å². The largest absolute Gasteiger partial charge is 0.497 e. The summed E-state index contributed by atoms with van der Waals surface area (Å²) in [6.45, 7) is 16.8. The SMILES string of the molecule is CC1(C)CN(CCN=C/C(=C\N)B2OC(C)(C)C(C)(C)O2)C1. The number of hydrogen-bond donors (Lipinski definition) is 1. The van der Waals surface area contributed by atoms with Gasteiger partial charge in [0.2, 0.25) is 0 Å². The summed E-state index contributed by atoms with van der Waals surface area (Å²) in [4.78, 5) is 6.89. The molecule has 0 aliphatic carbocycles. The summed E-state index contributed by atoms with van der Waals surface area (Å²) in [7, 11) is -0.443. The third kappa shape index (κ3) is 3.73. The molecule has 22 heavy (non-hydrogen) atoms. The Bertz CT molecular complexity index is 448. The molecule has 2 saturated heterocycles. The van der Waals surface area contributed by atoms with Gasteiger partial charge < -0.3 is 19.9 Å². The summed E-state index contributed by atoms with van der Waals surface area (Å²) in [6.07, 6.45) is 3.31. The minimum absolute atomic E-state index is 0.358. The van der Waals surface area contributed by atoms with Gasteiger partial charge in [-0.1, -0.05) is 13.8 Å². The summed E-state index contributed by atoms with van der Waals surface area (Å²) >= 11 is 0. The summed E-state index contributed by atoms with van der Waals surface area (Å²) in [6, 6.07) is 0. The van der Waals surface area contributed by atoms with Crippen molar-refractivity contribution in [1.29, 1.82) is 0 Å². The zero-order valence-corrected chi connectivity index (χ0v) is 14.8. The van der Waals surface area contributed by atoms with E-state index in [9.17, 15) is 0 Å². The molecular formula is C16H30BN3O2. The van der Waals surface area contributed by atoms with Crippen molar-refractivity contribution in [3.05, 3.63) is 11.7 Å². The van der Waals surface area contributed by atoms with Gasteiger partial charge in [-0.25, -0.2) is 0 Å². The smallest absolute Gasteiger partial charge is 0.405 e. The number of nitrogens with two attached hydrogens (primary N) is 1. The standard InChI is InChI=1S/C16H30BN3O2/c1-14(2)11-20(12-14)8-7-19-10-13(9-18)17-21-15(3,4)16(5,6)22-17/h9-10H,7-8,11-12,18H2,1-6H3/b13-9+,19-10?. The maximum atomic E-state index is 5.98. The van der Waals surface area contributed by atoms with E-state index in [4.69, 9.17) is 15.0 Å². The second-order valence-electron chi connectivity index (χ2n) is 8.17. The molecule has 0 radical (unpaired) electrons. The van der Waals surface area contributed by atoms with E-state index in [0.29, 0.717) is 5.41 Å². The van der Waals surface area contributed by atoms with Crippen LogP contribution in [0.4, 0.5) is 0 Å². The molecule has 0 amide bonds. The van der Waals surface area contributed by atoms with Gasteiger partial charge in [0, 0.05) is 31.3 Å². The van der Waals surface area contributed by atoms with E-state index in [1.165, 1.54) is 6.20 Å². The fourth-order valence-corrected chi connectivity index (χ4v) is 2.85. The van der Waals surface area contributed by atoms with Gasteiger partial charge in [0.15, 0.2) is 0 Å². The molecule has 0 bridgehead atoms. The van der Waals surface area contributed by atoms with Gasteiger partial charge >= 0.3 is 7.12 Å². The molecule has 0 atom stereocenters. The molecule has 2 heterocycles. The highest BCUT2D eigenvalue weighted by Gasteiger charge is 2.52. The van der Waals surface area contributed by atoms with Gasteiger partial charge in [-0.05, 0) is 39.3 Å². The Morgan fingerprint density at radius 1 is 1.14 bits per heavy atom. The first-order chi connectivity index (χ1) is 10.1. The monoisotopic (exact) mass is 307 g/mol. The molecule has 0 unspecified atom stereocenters. The number of aliphatic imine (C=N–C) groups is 1. The average molecular weight is 307 g/mol. The fourth-order valence-electron chi connectivity index (χ4n) is 2.85. The van der Waals surface area contributed by atoms with Crippen LogP contribution in [0.3, 0.4) is 0 Å². The van der Waals surface area contributed by atoms with Crippen molar-refractivity contribution in [2.45, 2.75) is 52.7 Å². The van der Waals surface area contributed by atoms with E-state index in [-0.39, 0.29) is 11.2 Å². The first kappa shape index (κ1) is 17.5. The van der Waals surface area contributed by atoms with Gasteiger partial charge in [0.05, 0.1) is 17.7 Å². The minimum Gasteiger partial charge on any atom is -0.405 e. The number of rotatable bonds is 5. The number of likely N-dealkylation sites (tertiary alicyclic amines) is 1. The maximum absolute atomic E-state index is 5.98. The topological polar surface area (TPSA) is 60.1 Å². The summed E-state index contributed by atoms with van der Waals surface area (Å²) < 4.78 is 12.0. The van der Waals surface area contributed by atoms with Crippen molar-refractivity contribution in [2.75, 3.05) is 26.2 Å². The molecule has 5 nitrogen and oxygen atoms in total. The van der Waals surface area contributed by atoms with Gasteiger partial charge in [-0.15, -0.1) is 0 Å². The van der Waals surface area contributed by atoms with Crippen molar-refractivity contribution in [2.24, 2.45) is 16.1 Å². The van der Waals surface area contributed by atoms with Gasteiger partial charge in [0.25, 0.3) is 0 Å². The second kappa shape index (κ2) is 5.98. The summed E-state index contributed by atoms with van der Waals surface area (Å²) in [5, 5.41) is 0. The van der Waals surface area contributed by atoms with Crippen molar-refractivity contribution in [1.82, 2.24) is 4.90 Å². The molecule has 0 aromatic rings. The van der Waals surface area contributed by atoms with Crippen LogP contribution in [0, 0.1) is 5.41 Å². The molecule has 2 rings (SSSR count). The molecule has 0 aromatic heterocycles. The fraction of sp³-hybridized carbons (Fsp3) is 0.812. The molecule has 0 spiro atoms. The van der Waals surface area contributed by atoms with Gasteiger partial charge in [-0.3, -0.25) is 4.99 Å². The zero-order valence-electron chi connectivity index (χ0n) is 14.8. The molecule has 0 saturated carbocycles. The lowest BCUT2D eigenvalue weighted by Gasteiger charge is -2.45.